The number of aromatic nitrogens is 2. The number of nitrogen functional groups attached to an aromatic ring is 1. The van der Waals surface area contributed by atoms with Gasteiger partial charge in [0.25, 0.3) is 5.91 Å². The maximum atomic E-state index is 12.3. The summed E-state index contributed by atoms with van der Waals surface area (Å²) >= 11 is 1.26. The Kier molecular flexibility index (Phi) is 4.00. The van der Waals surface area contributed by atoms with Crippen LogP contribution >= 0.6 is 11.3 Å². The molecule has 0 bridgehead atoms. The van der Waals surface area contributed by atoms with Gasteiger partial charge < -0.3 is 20.7 Å². The van der Waals surface area contributed by atoms with Crippen LogP contribution < -0.4 is 11.1 Å². The fourth-order valence-corrected chi connectivity index (χ4v) is 3.27. The second-order valence-corrected chi connectivity index (χ2v) is 6.06. The lowest BCUT2D eigenvalue weighted by Gasteiger charge is -2.30. The number of nitrogens with one attached hydrogen (secondary N) is 1. The first-order valence-corrected chi connectivity index (χ1v) is 7.55. The van der Waals surface area contributed by atoms with E-state index < -0.39 is 0 Å². The second-order valence-electron chi connectivity index (χ2n) is 5.06. The third-order valence-corrected chi connectivity index (χ3v) is 4.56. The molecule has 2 aromatic heterocycles. The van der Waals surface area contributed by atoms with Crippen molar-refractivity contribution in [1.82, 2.24) is 20.4 Å². The van der Waals surface area contributed by atoms with Gasteiger partial charge in [-0.25, -0.2) is 0 Å². The van der Waals surface area contributed by atoms with Crippen LogP contribution in [-0.4, -0.2) is 60.4 Å². The van der Waals surface area contributed by atoms with Gasteiger partial charge in [0.1, 0.15) is 9.71 Å². The largest absolute Gasteiger partial charge is 0.397 e. The van der Waals surface area contributed by atoms with E-state index in [-0.39, 0.29) is 12.0 Å². The van der Waals surface area contributed by atoms with Crippen LogP contribution in [0.1, 0.15) is 9.67 Å². The van der Waals surface area contributed by atoms with Gasteiger partial charge in [-0.15, -0.1) is 16.4 Å². The zero-order chi connectivity index (χ0) is 14.8. The maximum absolute atomic E-state index is 12.3. The molecule has 3 rings (SSSR count). The highest BCUT2D eigenvalue weighted by Gasteiger charge is 2.21. The summed E-state index contributed by atoms with van der Waals surface area (Å²) in [4.78, 5) is 15.6. The summed E-state index contributed by atoms with van der Waals surface area (Å²) in [5.74, 6) is -0.188. The average molecular weight is 307 g/mol. The summed E-state index contributed by atoms with van der Waals surface area (Å²) in [7, 11) is 2.04. The lowest BCUT2D eigenvalue weighted by Crippen LogP contribution is -2.45. The van der Waals surface area contributed by atoms with Crippen molar-refractivity contribution >= 4 is 33.1 Å². The maximum Gasteiger partial charge on any atom is 0.263 e. The van der Waals surface area contributed by atoms with Crippen LogP contribution in [0.25, 0.3) is 10.2 Å². The Balaban J connectivity index is 1.68. The third-order valence-electron chi connectivity index (χ3n) is 3.46. The van der Waals surface area contributed by atoms with Crippen LogP contribution in [-0.2, 0) is 4.74 Å². The van der Waals surface area contributed by atoms with Gasteiger partial charge in [0.2, 0.25) is 0 Å². The molecule has 0 aliphatic carbocycles. The third kappa shape index (κ3) is 2.97. The Morgan fingerprint density at radius 1 is 1.67 bits per heavy atom. The zero-order valence-corrected chi connectivity index (χ0v) is 12.5. The summed E-state index contributed by atoms with van der Waals surface area (Å²) in [5.41, 5.74) is 6.48. The molecule has 1 saturated heterocycles. The van der Waals surface area contributed by atoms with E-state index in [0.29, 0.717) is 28.5 Å². The fraction of sp³-hybridized carbons (Fsp3) is 0.462. The van der Waals surface area contributed by atoms with E-state index in [2.05, 4.69) is 20.4 Å². The van der Waals surface area contributed by atoms with E-state index in [1.165, 1.54) is 11.3 Å². The summed E-state index contributed by atoms with van der Waals surface area (Å²) in [6, 6.07) is 1.77. The number of hydrogen-bond donors (Lipinski definition) is 2. The van der Waals surface area contributed by atoms with E-state index in [1.54, 1.807) is 12.3 Å². The summed E-state index contributed by atoms with van der Waals surface area (Å²) < 4.78 is 5.62. The van der Waals surface area contributed by atoms with Crippen molar-refractivity contribution in [2.45, 2.75) is 6.10 Å². The molecule has 0 aromatic carbocycles. The minimum absolute atomic E-state index is 0.0168. The van der Waals surface area contributed by atoms with E-state index in [4.69, 9.17) is 10.5 Å². The van der Waals surface area contributed by atoms with Gasteiger partial charge in [0, 0.05) is 25.0 Å². The number of nitrogens with zero attached hydrogens (tertiary/aromatic N) is 3. The highest BCUT2D eigenvalue weighted by Crippen LogP contribution is 2.31. The van der Waals surface area contributed by atoms with E-state index >= 15 is 0 Å². The topological polar surface area (TPSA) is 93.4 Å². The van der Waals surface area contributed by atoms with E-state index in [1.807, 2.05) is 7.05 Å². The molecule has 1 atom stereocenters. The number of nitrogens with two attached hydrogens (primary N) is 1. The number of ether oxygens (including phenoxy) is 1. The smallest absolute Gasteiger partial charge is 0.263 e. The zero-order valence-electron chi connectivity index (χ0n) is 11.7. The van der Waals surface area contributed by atoms with Gasteiger partial charge in [-0.2, -0.15) is 5.10 Å². The average Bonchev–Trinajstić information content (AvgIpc) is 2.83. The molecule has 0 saturated carbocycles. The van der Waals surface area contributed by atoms with Crippen LogP contribution in [0, 0.1) is 0 Å². The molecule has 1 aliphatic heterocycles. The first-order valence-electron chi connectivity index (χ1n) is 6.73. The second kappa shape index (κ2) is 5.92. The quantitative estimate of drug-likeness (QED) is 0.849. The minimum atomic E-state index is -0.188. The van der Waals surface area contributed by atoms with Crippen molar-refractivity contribution in [1.29, 1.82) is 0 Å². The number of carbonyl (C=O) groups is 1. The Hall–Kier alpha value is -1.77. The Labute approximate surface area is 126 Å². The standard InChI is InChI=1S/C13H17N5O2S/c1-18-4-5-20-8(7-18)6-15-12(19)11-10(14)9-2-3-16-17-13(9)21-11/h2-3,8H,4-7,14H2,1H3,(H,15,19). The van der Waals surface area contributed by atoms with Gasteiger partial charge in [-0.1, -0.05) is 0 Å². The number of rotatable bonds is 3. The monoisotopic (exact) mass is 307 g/mol. The van der Waals surface area contributed by atoms with Crippen LogP contribution in [0.4, 0.5) is 5.69 Å². The van der Waals surface area contributed by atoms with Crippen LogP contribution in [0.15, 0.2) is 12.3 Å². The van der Waals surface area contributed by atoms with Crippen molar-refractivity contribution < 1.29 is 9.53 Å². The molecule has 1 amide bonds. The molecule has 1 aliphatic rings. The molecule has 0 radical (unpaired) electrons. The van der Waals surface area contributed by atoms with E-state index in [9.17, 15) is 4.79 Å². The lowest BCUT2D eigenvalue weighted by molar-refractivity contribution is -0.0174. The highest BCUT2D eigenvalue weighted by molar-refractivity contribution is 7.21. The number of morpholine rings is 1. The number of fused-ring (bicyclic) bond motifs is 1. The minimum Gasteiger partial charge on any atom is -0.397 e. The van der Waals surface area contributed by atoms with Crippen molar-refractivity contribution in [3.8, 4) is 0 Å². The first-order chi connectivity index (χ1) is 10.1. The summed E-state index contributed by atoms with van der Waals surface area (Å²) in [5, 5.41) is 11.4. The van der Waals surface area contributed by atoms with Crippen molar-refractivity contribution in [2.24, 2.45) is 0 Å². The Morgan fingerprint density at radius 2 is 2.52 bits per heavy atom. The normalized spacial score (nSPS) is 19.8. The molecule has 3 heterocycles. The summed E-state index contributed by atoms with van der Waals surface area (Å²) in [6.45, 7) is 2.90. The molecule has 3 N–H and O–H groups in total. The molecule has 2 aromatic rings. The number of thiophene rings is 1. The predicted octanol–water partition coefficient (Wildman–Crippen LogP) is 0.334. The molecule has 7 nitrogen and oxygen atoms in total. The van der Waals surface area contributed by atoms with Gasteiger partial charge in [-0.05, 0) is 13.1 Å². The Morgan fingerprint density at radius 3 is 3.29 bits per heavy atom. The van der Waals surface area contributed by atoms with Crippen molar-refractivity contribution in [3.63, 3.8) is 0 Å². The molecule has 0 spiro atoms. The number of carbonyl (C=O) groups excluding carboxylic acids is 1. The summed E-state index contributed by atoms with van der Waals surface area (Å²) in [6.07, 6.45) is 1.59. The van der Waals surface area contributed by atoms with Crippen molar-refractivity contribution in [2.75, 3.05) is 39.0 Å². The van der Waals surface area contributed by atoms with Crippen LogP contribution in [0.2, 0.25) is 0 Å². The van der Waals surface area contributed by atoms with Crippen LogP contribution in [0.3, 0.4) is 0 Å². The first kappa shape index (κ1) is 14.2. The highest BCUT2D eigenvalue weighted by atomic mass is 32.1. The molecular formula is C13H17N5O2S. The molecule has 112 valence electrons. The molecule has 1 fully saturated rings. The number of likely N-dealkylation sites (N-methyl/N-ethyl adjacent to an activating group) is 1. The molecular weight excluding hydrogens is 290 g/mol. The molecule has 1 unspecified atom stereocenters. The Bertz CT molecular complexity index is 659. The van der Waals surface area contributed by atoms with Gasteiger partial charge in [0.05, 0.1) is 24.6 Å². The number of amides is 1. The van der Waals surface area contributed by atoms with Gasteiger partial charge in [-0.3, -0.25) is 4.79 Å². The van der Waals surface area contributed by atoms with Gasteiger partial charge in [0.15, 0.2) is 0 Å². The number of hydrogen-bond acceptors (Lipinski definition) is 7. The van der Waals surface area contributed by atoms with Gasteiger partial charge >= 0.3 is 0 Å². The SMILES string of the molecule is CN1CCOC(CNC(=O)c2sc3nnccc3c2N)C1. The van der Waals surface area contributed by atoms with E-state index in [0.717, 1.165) is 18.5 Å². The van der Waals surface area contributed by atoms with Crippen LogP contribution in [0.5, 0.6) is 0 Å². The lowest BCUT2D eigenvalue weighted by atomic mass is 10.2. The number of anilines is 1. The predicted molar refractivity (Wildman–Crippen MR) is 81.4 cm³/mol. The fourth-order valence-electron chi connectivity index (χ4n) is 2.32. The van der Waals surface area contributed by atoms with Crippen molar-refractivity contribution in [3.05, 3.63) is 17.1 Å². The molecule has 8 heteroatoms. The molecule has 21 heavy (non-hydrogen) atoms.